The number of nitrogens with zero attached hydrogens (tertiary/aromatic N) is 2. The third kappa shape index (κ3) is 2.10. The van der Waals surface area contributed by atoms with Crippen molar-refractivity contribution in [2.75, 3.05) is 19.9 Å². The van der Waals surface area contributed by atoms with Crippen molar-refractivity contribution in [3.63, 3.8) is 0 Å². The van der Waals surface area contributed by atoms with Crippen LogP contribution in [0.15, 0.2) is 12.1 Å². The van der Waals surface area contributed by atoms with Gasteiger partial charge in [0.05, 0.1) is 22.1 Å². The van der Waals surface area contributed by atoms with E-state index < -0.39 is 26.5 Å². The number of methoxy groups -OCH3 is 2. The molecule has 104 valence electrons. The summed E-state index contributed by atoms with van der Waals surface area (Å²) >= 11 is 0. The van der Waals surface area contributed by atoms with E-state index in [-0.39, 0.29) is 28.0 Å². The summed E-state index contributed by atoms with van der Waals surface area (Å²) in [5.41, 5.74) is 5.47. The summed E-state index contributed by atoms with van der Waals surface area (Å²) in [6.45, 7) is -2.65. The van der Waals surface area contributed by atoms with Gasteiger partial charge in [0.15, 0.2) is 5.82 Å². The standard InChI is InChI=1S/C12H15F2N3O2/c1-17-7-5-4-6(10(19-3)11(13)14)9(18-2)8(7)12(15)16-17/h4-5,10-11H,1-3H3,(H2,15,16)/i1D3,3D3. The molecule has 1 aromatic carbocycles. The van der Waals surface area contributed by atoms with Crippen LogP contribution in [0, 0.1) is 0 Å². The van der Waals surface area contributed by atoms with Crippen LogP contribution in [0.2, 0.25) is 0 Å². The Balaban J connectivity index is 2.72. The molecule has 1 aromatic heterocycles. The lowest BCUT2D eigenvalue weighted by molar-refractivity contribution is -0.0352. The number of aromatic nitrogens is 2. The van der Waals surface area contributed by atoms with Crippen LogP contribution in [0.5, 0.6) is 5.75 Å². The van der Waals surface area contributed by atoms with Gasteiger partial charge in [0, 0.05) is 23.7 Å². The van der Waals surface area contributed by atoms with Gasteiger partial charge >= 0.3 is 0 Å². The van der Waals surface area contributed by atoms with E-state index in [0.29, 0.717) is 4.68 Å². The molecule has 2 rings (SSSR count). The van der Waals surface area contributed by atoms with Gasteiger partial charge < -0.3 is 15.2 Å². The van der Waals surface area contributed by atoms with E-state index in [0.717, 1.165) is 13.2 Å². The molecule has 0 bridgehead atoms. The predicted octanol–water partition coefficient (Wildman–Crippen LogP) is 2.12. The second-order valence-electron chi connectivity index (χ2n) is 3.75. The van der Waals surface area contributed by atoms with Crippen LogP contribution in [-0.4, -0.2) is 30.4 Å². The minimum atomic E-state index is -3.18. The normalized spacial score (nSPS) is 19.2. The molecule has 0 aliphatic heterocycles. The van der Waals surface area contributed by atoms with E-state index in [1.807, 2.05) is 0 Å². The maximum absolute atomic E-state index is 13.4. The Morgan fingerprint density at radius 1 is 1.47 bits per heavy atom. The quantitative estimate of drug-likeness (QED) is 0.929. The minimum absolute atomic E-state index is 0.0177. The molecule has 0 saturated carbocycles. The Bertz CT molecular complexity index is 775. The molecule has 1 atom stereocenters. The average Bonchev–Trinajstić information content (AvgIpc) is 2.80. The van der Waals surface area contributed by atoms with E-state index in [1.165, 1.54) is 6.07 Å². The Morgan fingerprint density at radius 2 is 2.26 bits per heavy atom. The number of nitrogens with two attached hydrogens (primary N) is 1. The number of hydrogen-bond donors (Lipinski definition) is 1. The number of fused-ring (bicyclic) bond motifs is 1. The van der Waals surface area contributed by atoms with Crippen molar-refractivity contribution in [3.05, 3.63) is 17.7 Å². The summed E-state index contributed by atoms with van der Waals surface area (Å²) in [5.74, 6) is -0.480. The van der Waals surface area contributed by atoms with E-state index >= 15 is 0 Å². The molecule has 1 unspecified atom stereocenters. The summed E-state index contributed by atoms with van der Waals surface area (Å²) in [7, 11) is -1.92. The lowest BCUT2D eigenvalue weighted by Crippen LogP contribution is -2.12. The second kappa shape index (κ2) is 5.00. The molecule has 0 saturated heterocycles. The first-order valence-corrected chi connectivity index (χ1v) is 5.18. The molecule has 0 aliphatic rings. The highest BCUT2D eigenvalue weighted by Gasteiger charge is 2.27. The molecular weight excluding hydrogens is 256 g/mol. The second-order valence-corrected chi connectivity index (χ2v) is 3.75. The zero-order valence-electron chi connectivity index (χ0n) is 15.9. The largest absolute Gasteiger partial charge is 0.496 e. The van der Waals surface area contributed by atoms with Crippen LogP contribution in [-0.2, 0) is 11.7 Å². The van der Waals surface area contributed by atoms with Crippen LogP contribution >= 0.6 is 0 Å². The molecule has 2 aromatic rings. The van der Waals surface area contributed by atoms with Gasteiger partial charge in [-0.25, -0.2) is 8.78 Å². The van der Waals surface area contributed by atoms with Crippen LogP contribution in [0.1, 0.15) is 19.9 Å². The number of ether oxygens (including phenoxy) is 2. The van der Waals surface area contributed by atoms with Gasteiger partial charge in [-0.3, -0.25) is 4.68 Å². The number of anilines is 1. The maximum atomic E-state index is 13.4. The number of aryl methyl sites for hydroxylation is 1. The van der Waals surface area contributed by atoms with E-state index in [9.17, 15) is 8.78 Å². The van der Waals surface area contributed by atoms with Gasteiger partial charge in [-0.1, -0.05) is 6.07 Å². The van der Waals surface area contributed by atoms with Crippen molar-refractivity contribution in [2.45, 2.75) is 12.5 Å². The van der Waals surface area contributed by atoms with Crippen LogP contribution in [0.3, 0.4) is 0 Å². The molecule has 5 nitrogen and oxygen atoms in total. The van der Waals surface area contributed by atoms with Crippen molar-refractivity contribution in [1.29, 1.82) is 0 Å². The number of nitrogen functional groups attached to an aromatic ring is 1. The number of benzene rings is 1. The molecule has 0 spiro atoms. The van der Waals surface area contributed by atoms with Gasteiger partial charge in [-0.05, 0) is 6.07 Å². The fraction of sp³-hybridized carbons (Fsp3) is 0.417. The molecular formula is C12H15F2N3O2. The molecule has 7 heteroatoms. The summed E-state index contributed by atoms with van der Waals surface area (Å²) in [5, 5.41) is 3.68. The zero-order chi connectivity index (χ0) is 19.2. The highest BCUT2D eigenvalue weighted by molar-refractivity contribution is 5.95. The molecule has 1 heterocycles. The van der Waals surface area contributed by atoms with Gasteiger partial charge in [-0.2, -0.15) is 5.10 Å². The summed E-state index contributed by atoms with van der Waals surface area (Å²) in [6.07, 6.45) is -5.30. The predicted molar refractivity (Wildman–Crippen MR) is 67.4 cm³/mol. The first kappa shape index (κ1) is 7.64. The van der Waals surface area contributed by atoms with Crippen molar-refractivity contribution < 1.29 is 26.5 Å². The monoisotopic (exact) mass is 277 g/mol. The Hall–Kier alpha value is -1.89. The molecule has 2 N–H and O–H groups in total. The summed E-state index contributed by atoms with van der Waals surface area (Å²) in [6, 6.07) is 2.30. The van der Waals surface area contributed by atoms with Crippen molar-refractivity contribution >= 4 is 16.7 Å². The summed E-state index contributed by atoms with van der Waals surface area (Å²) in [4.78, 5) is 0. The van der Waals surface area contributed by atoms with Gasteiger partial charge in [0.1, 0.15) is 11.9 Å². The summed E-state index contributed by atoms with van der Waals surface area (Å²) < 4.78 is 80.4. The smallest absolute Gasteiger partial charge is 0.268 e. The average molecular weight is 277 g/mol. The minimum Gasteiger partial charge on any atom is -0.496 e. The third-order valence-corrected chi connectivity index (χ3v) is 2.72. The van der Waals surface area contributed by atoms with Gasteiger partial charge in [0.2, 0.25) is 0 Å². The first-order chi connectivity index (χ1) is 11.4. The zero-order valence-corrected chi connectivity index (χ0v) is 9.85. The SMILES string of the molecule is [2H]C([2H])([2H])OC(c1ccc2c(c(N)nn2C([2H])([2H])[2H])c1OC)C(F)F. The van der Waals surface area contributed by atoms with E-state index in [1.54, 1.807) is 0 Å². The molecule has 0 amide bonds. The highest BCUT2D eigenvalue weighted by Crippen LogP contribution is 2.39. The van der Waals surface area contributed by atoms with Crippen LogP contribution in [0.4, 0.5) is 14.6 Å². The number of alkyl halides is 2. The maximum Gasteiger partial charge on any atom is 0.268 e. The molecule has 0 radical (unpaired) electrons. The van der Waals surface area contributed by atoms with E-state index in [2.05, 4.69) is 9.84 Å². The molecule has 0 aliphatic carbocycles. The number of rotatable bonds is 4. The Morgan fingerprint density at radius 3 is 2.84 bits per heavy atom. The van der Waals surface area contributed by atoms with Gasteiger partial charge in [-0.15, -0.1) is 0 Å². The fourth-order valence-corrected chi connectivity index (χ4v) is 1.92. The number of hydrogen-bond acceptors (Lipinski definition) is 4. The van der Waals surface area contributed by atoms with Crippen molar-refractivity contribution in [1.82, 2.24) is 9.78 Å². The van der Waals surface area contributed by atoms with Crippen molar-refractivity contribution in [3.8, 4) is 5.75 Å². The van der Waals surface area contributed by atoms with Gasteiger partial charge in [0.25, 0.3) is 6.43 Å². The van der Waals surface area contributed by atoms with Crippen molar-refractivity contribution in [2.24, 2.45) is 6.98 Å². The topological polar surface area (TPSA) is 62.3 Å². The van der Waals surface area contributed by atoms with E-state index in [4.69, 9.17) is 18.7 Å². The lowest BCUT2D eigenvalue weighted by Gasteiger charge is -2.18. The van der Waals surface area contributed by atoms with Crippen LogP contribution < -0.4 is 10.5 Å². The number of halogens is 2. The van der Waals surface area contributed by atoms with Crippen LogP contribution in [0.25, 0.3) is 10.9 Å². The molecule has 0 fully saturated rings. The third-order valence-electron chi connectivity index (χ3n) is 2.72. The highest BCUT2D eigenvalue weighted by atomic mass is 19.3. The Kier molecular flexibility index (Phi) is 2.01. The first-order valence-electron chi connectivity index (χ1n) is 8.18. The lowest BCUT2D eigenvalue weighted by atomic mass is 10.0. The fourth-order valence-electron chi connectivity index (χ4n) is 1.92. The Labute approximate surface area is 117 Å². The molecule has 19 heavy (non-hydrogen) atoms.